The molecule has 0 bridgehead atoms. The Morgan fingerprint density at radius 3 is 2.88 bits per heavy atom. The summed E-state index contributed by atoms with van der Waals surface area (Å²) in [6, 6.07) is 5.62. The van der Waals surface area contributed by atoms with E-state index in [1.54, 1.807) is 10.6 Å². The summed E-state index contributed by atoms with van der Waals surface area (Å²) in [6.45, 7) is 2.57. The van der Waals surface area contributed by atoms with E-state index in [0.29, 0.717) is 23.8 Å². The van der Waals surface area contributed by atoms with Crippen molar-refractivity contribution in [3.63, 3.8) is 0 Å². The predicted molar refractivity (Wildman–Crippen MR) is 95.0 cm³/mol. The molecule has 1 aliphatic carbocycles. The first-order valence-electron chi connectivity index (χ1n) is 8.71. The van der Waals surface area contributed by atoms with Crippen molar-refractivity contribution >= 4 is 17.6 Å². The molecule has 0 atom stereocenters. The lowest BCUT2D eigenvalue weighted by atomic mass is 10.1. The average Bonchev–Trinajstić information content (AvgIpc) is 3.42. The average molecular weight is 352 g/mol. The molecule has 1 N–H and O–H groups in total. The van der Waals surface area contributed by atoms with E-state index < -0.39 is 0 Å². The quantitative estimate of drug-likeness (QED) is 0.681. The fourth-order valence-electron chi connectivity index (χ4n) is 2.92. The molecule has 0 radical (unpaired) electrons. The van der Waals surface area contributed by atoms with Gasteiger partial charge in [0.25, 0.3) is 5.78 Å². The van der Waals surface area contributed by atoms with Gasteiger partial charge < -0.3 is 10.1 Å². The lowest BCUT2D eigenvalue weighted by Gasteiger charge is -2.11. The highest BCUT2D eigenvalue weighted by Gasteiger charge is 2.30. The van der Waals surface area contributed by atoms with E-state index in [1.807, 2.05) is 19.1 Å². The highest BCUT2D eigenvalue weighted by molar-refractivity contribution is 5.90. The largest absolute Gasteiger partial charge is 0.465 e. The Labute approximate surface area is 150 Å². The van der Waals surface area contributed by atoms with Crippen LogP contribution in [0.25, 0.3) is 5.78 Å². The Balaban J connectivity index is 1.59. The molecule has 1 fully saturated rings. The van der Waals surface area contributed by atoms with Gasteiger partial charge in [0.1, 0.15) is 12.1 Å². The number of hydrogen-bond acceptors (Lipinski definition) is 7. The SMILES string of the molecule is CCc1cc(NCc2ccc(C(=O)OC)c(C3CC3)n2)n2ncnc2n1. The zero-order valence-electron chi connectivity index (χ0n) is 14.8. The van der Waals surface area contributed by atoms with Crippen molar-refractivity contribution < 1.29 is 9.53 Å². The van der Waals surface area contributed by atoms with Gasteiger partial charge in [0.05, 0.1) is 30.6 Å². The Hall–Kier alpha value is -3.03. The Morgan fingerprint density at radius 2 is 2.15 bits per heavy atom. The molecule has 3 aromatic heterocycles. The van der Waals surface area contributed by atoms with Crippen molar-refractivity contribution in [1.82, 2.24) is 24.6 Å². The minimum Gasteiger partial charge on any atom is -0.465 e. The van der Waals surface area contributed by atoms with Gasteiger partial charge in [-0.3, -0.25) is 4.98 Å². The third-order valence-electron chi connectivity index (χ3n) is 4.47. The van der Waals surface area contributed by atoms with Crippen molar-refractivity contribution in [3.8, 4) is 0 Å². The van der Waals surface area contributed by atoms with E-state index in [0.717, 1.165) is 42.2 Å². The number of ether oxygens (including phenoxy) is 1. The second kappa shape index (κ2) is 6.70. The molecule has 1 aliphatic rings. The number of fused-ring (bicyclic) bond motifs is 1. The maximum Gasteiger partial charge on any atom is 0.339 e. The molecule has 0 unspecified atom stereocenters. The number of anilines is 1. The van der Waals surface area contributed by atoms with E-state index in [-0.39, 0.29) is 5.97 Å². The van der Waals surface area contributed by atoms with Gasteiger partial charge in [-0.1, -0.05) is 6.92 Å². The van der Waals surface area contributed by atoms with E-state index in [4.69, 9.17) is 9.72 Å². The number of carbonyl (C=O) groups excluding carboxylic acids is 1. The van der Waals surface area contributed by atoms with Gasteiger partial charge in [-0.05, 0) is 31.4 Å². The maximum atomic E-state index is 11.9. The van der Waals surface area contributed by atoms with Crippen LogP contribution in [0.15, 0.2) is 24.5 Å². The van der Waals surface area contributed by atoms with Crippen molar-refractivity contribution in [1.29, 1.82) is 0 Å². The topological polar surface area (TPSA) is 94.3 Å². The number of rotatable bonds is 6. The molecular formula is C18H20N6O2. The Morgan fingerprint density at radius 1 is 1.31 bits per heavy atom. The second-order valence-corrected chi connectivity index (χ2v) is 6.31. The molecule has 8 nitrogen and oxygen atoms in total. The lowest BCUT2D eigenvalue weighted by Crippen LogP contribution is -2.12. The van der Waals surface area contributed by atoms with Gasteiger partial charge in [0, 0.05) is 17.7 Å². The molecule has 0 saturated heterocycles. The molecule has 4 rings (SSSR count). The monoisotopic (exact) mass is 352 g/mol. The minimum atomic E-state index is -0.329. The van der Waals surface area contributed by atoms with Crippen molar-refractivity contribution in [3.05, 3.63) is 47.2 Å². The van der Waals surface area contributed by atoms with Gasteiger partial charge in [-0.25, -0.2) is 9.78 Å². The Bertz CT molecular complexity index is 963. The third kappa shape index (κ3) is 3.10. The summed E-state index contributed by atoms with van der Waals surface area (Å²) in [7, 11) is 1.40. The summed E-state index contributed by atoms with van der Waals surface area (Å²) >= 11 is 0. The second-order valence-electron chi connectivity index (χ2n) is 6.31. The number of carbonyl (C=O) groups is 1. The zero-order valence-corrected chi connectivity index (χ0v) is 14.8. The number of pyridine rings is 1. The Kier molecular flexibility index (Phi) is 4.24. The van der Waals surface area contributed by atoms with Gasteiger partial charge in [-0.15, -0.1) is 0 Å². The summed E-state index contributed by atoms with van der Waals surface area (Å²) in [5.74, 6) is 1.42. The first kappa shape index (κ1) is 16.4. The van der Waals surface area contributed by atoms with Crippen LogP contribution in [0.4, 0.5) is 5.82 Å². The molecule has 0 aromatic carbocycles. The van der Waals surface area contributed by atoms with Gasteiger partial charge in [0.15, 0.2) is 0 Å². The first-order chi connectivity index (χ1) is 12.7. The zero-order chi connectivity index (χ0) is 18.1. The number of nitrogens with zero attached hydrogens (tertiary/aromatic N) is 5. The fourth-order valence-corrected chi connectivity index (χ4v) is 2.92. The van der Waals surface area contributed by atoms with Gasteiger partial charge in [0.2, 0.25) is 0 Å². The van der Waals surface area contributed by atoms with Crippen LogP contribution >= 0.6 is 0 Å². The van der Waals surface area contributed by atoms with Crippen LogP contribution in [-0.2, 0) is 17.7 Å². The van der Waals surface area contributed by atoms with E-state index in [9.17, 15) is 4.79 Å². The van der Waals surface area contributed by atoms with E-state index in [1.165, 1.54) is 13.4 Å². The predicted octanol–water partition coefficient (Wildman–Crippen LogP) is 2.36. The van der Waals surface area contributed by atoms with Crippen LogP contribution < -0.4 is 5.32 Å². The highest BCUT2D eigenvalue weighted by Crippen LogP contribution is 2.40. The van der Waals surface area contributed by atoms with Crippen LogP contribution in [0.5, 0.6) is 0 Å². The maximum absolute atomic E-state index is 11.9. The minimum absolute atomic E-state index is 0.329. The number of methoxy groups -OCH3 is 1. The van der Waals surface area contributed by atoms with Gasteiger partial charge in [-0.2, -0.15) is 14.6 Å². The highest BCUT2D eigenvalue weighted by atomic mass is 16.5. The van der Waals surface area contributed by atoms with Crippen molar-refractivity contribution in [2.45, 2.75) is 38.6 Å². The van der Waals surface area contributed by atoms with Crippen LogP contribution in [0.2, 0.25) is 0 Å². The molecule has 0 amide bonds. The van der Waals surface area contributed by atoms with Crippen molar-refractivity contribution in [2.24, 2.45) is 0 Å². The summed E-state index contributed by atoms with van der Waals surface area (Å²) in [4.78, 5) is 25.2. The van der Waals surface area contributed by atoms with E-state index >= 15 is 0 Å². The summed E-state index contributed by atoms with van der Waals surface area (Å²) in [6.07, 6.45) is 4.44. The van der Waals surface area contributed by atoms with Crippen LogP contribution in [-0.4, -0.2) is 37.6 Å². The van der Waals surface area contributed by atoms with Gasteiger partial charge >= 0.3 is 5.97 Å². The standard InChI is InChI=1S/C18H20N6O2/c1-3-12-8-15(24-18(23-12)20-10-21-24)19-9-13-6-7-14(17(25)26-2)16(22-13)11-4-5-11/h6-8,10-11,19H,3-5,9H2,1-2H3. The van der Waals surface area contributed by atoms with Crippen LogP contribution in [0.3, 0.4) is 0 Å². The fraction of sp³-hybridized carbons (Fsp3) is 0.389. The number of esters is 1. The normalized spacial score (nSPS) is 13.8. The third-order valence-corrected chi connectivity index (χ3v) is 4.47. The molecule has 26 heavy (non-hydrogen) atoms. The first-order valence-corrected chi connectivity index (χ1v) is 8.71. The molecule has 134 valence electrons. The molecule has 1 saturated carbocycles. The number of aryl methyl sites for hydroxylation is 1. The number of aromatic nitrogens is 5. The molecule has 0 spiro atoms. The summed E-state index contributed by atoms with van der Waals surface area (Å²) in [5, 5.41) is 7.57. The summed E-state index contributed by atoms with van der Waals surface area (Å²) in [5.41, 5.74) is 3.21. The number of nitrogens with one attached hydrogen (secondary N) is 1. The molecular weight excluding hydrogens is 332 g/mol. The smallest absolute Gasteiger partial charge is 0.339 e. The number of hydrogen-bond donors (Lipinski definition) is 1. The van der Waals surface area contributed by atoms with E-state index in [2.05, 4.69) is 20.4 Å². The molecule has 3 heterocycles. The van der Waals surface area contributed by atoms with Crippen LogP contribution in [0.1, 0.15) is 53.1 Å². The van der Waals surface area contributed by atoms with Crippen LogP contribution in [0, 0.1) is 0 Å². The molecule has 8 heteroatoms. The lowest BCUT2D eigenvalue weighted by molar-refractivity contribution is 0.0598. The molecule has 0 aliphatic heterocycles. The molecule has 3 aromatic rings. The van der Waals surface area contributed by atoms with Crippen molar-refractivity contribution in [2.75, 3.05) is 12.4 Å². The summed E-state index contributed by atoms with van der Waals surface area (Å²) < 4.78 is 6.54.